The lowest BCUT2D eigenvalue weighted by molar-refractivity contribution is 0.0463. The fraction of sp³-hybridized carbons (Fsp3) is 0.429. The Morgan fingerprint density at radius 1 is 1.50 bits per heavy atom. The van der Waals surface area contributed by atoms with Gasteiger partial charge in [0.25, 0.3) is 0 Å². The van der Waals surface area contributed by atoms with Crippen LogP contribution in [0.4, 0.5) is 5.82 Å². The third-order valence-electron chi connectivity index (χ3n) is 3.65. The van der Waals surface area contributed by atoms with Crippen LogP contribution in [0.5, 0.6) is 0 Å². The summed E-state index contributed by atoms with van der Waals surface area (Å²) >= 11 is 3.46. The number of nitrogens with one attached hydrogen (secondary N) is 1. The molecule has 1 aromatic carbocycles. The summed E-state index contributed by atoms with van der Waals surface area (Å²) in [6, 6.07) is 5.79. The summed E-state index contributed by atoms with van der Waals surface area (Å²) < 4.78 is 5.95. The fourth-order valence-corrected chi connectivity index (χ4v) is 2.77. The van der Waals surface area contributed by atoms with Crippen LogP contribution in [0.1, 0.15) is 12.8 Å². The molecule has 1 heterocycles. The topological polar surface area (TPSA) is 67.3 Å². The number of methoxy groups -OCH3 is 1. The highest BCUT2D eigenvalue weighted by atomic mass is 79.9. The van der Waals surface area contributed by atoms with E-state index in [9.17, 15) is 5.11 Å². The largest absolute Gasteiger partial charge is 0.388 e. The number of aliphatic hydroxyl groups excluding tert-OH is 1. The predicted molar refractivity (Wildman–Crippen MR) is 80.7 cm³/mol. The zero-order chi connectivity index (χ0) is 14.2. The van der Waals surface area contributed by atoms with E-state index in [1.807, 2.05) is 18.2 Å². The monoisotopic (exact) mass is 337 g/mol. The third kappa shape index (κ3) is 2.51. The van der Waals surface area contributed by atoms with Crippen molar-refractivity contribution in [3.8, 4) is 0 Å². The number of aliphatic hydroxyl groups is 1. The van der Waals surface area contributed by atoms with Crippen molar-refractivity contribution in [2.24, 2.45) is 0 Å². The number of nitrogens with zero attached hydrogens (tertiary/aromatic N) is 2. The number of rotatable bonds is 5. The van der Waals surface area contributed by atoms with Crippen molar-refractivity contribution in [2.45, 2.75) is 24.5 Å². The zero-order valence-corrected chi connectivity index (χ0v) is 12.7. The van der Waals surface area contributed by atoms with Gasteiger partial charge < -0.3 is 15.2 Å². The number of hydrogen-bond acceptors (Lipinski definition) is 5. The van der Waals surface area contributed by atoms with Crippen LogP contribution >= 0.6 is 15.9 Å². The molecule has 0 bridgehead atoms. The van der Waals surface area contributed by atoms with E-state index >= 15 is 0 Å². The quantitative estimate of drug-likeness (QED) is 0.876. The molecule has 3 rings (SSSR count). The van der Waals surface area contributed by atoms with Gasteiger partial charge in [0.2, 0.25) is 0 Å². The van der Waals surface area contributed by atoms with E-state index in [1.165, 1.54) is 0 Å². The maximum atomic E-state index is 10.1. The first kappa shape index (κ1) is 13.7. The van der Waals surface area contributed by atoms with Crippen molar-refractivity contribution in [1.29, 1.82) is 0 Å². The van der Waals surface area contributed by atoms with Gasteiger partial charge in [-0.05, 0) is 40.9 Å². The van der Waals surface area contributed by atoms with Crippen molar-refractivity contribution in [1.82, 2.24) is 9.97 Å². The molecule has 0 aliphatic heterocycles. The van der Waals surface area contributed by atoms with Crippen LogP contribution in [-0.4, -0.2) is 40.4 Å². The lowest BCUT2D eigenvalue weighted by Crippen LogP contribution is -2.39. The van der Waals surface area contributed by atoms with E-state index in [0.717, 1.165) is 28.3 Å². The second-order valence-electron chi connectivity index (χ2n) is 5.12. The first-order valence-electron chi connectivity index (χ1n) is 6.51. The lowest BCUT2D eigenvalue weighted by atomic mass is 10.1. The lowest BCUT2D eigenvalue weighted by Gasteiger charge is -2.23. The Hall–Kier alpha value is -1.24. The summed E-state index contributed by atoms with van der Waals surface area (Å²) in [4.78, 5) is 8.96. The van der Waals surface area contributed by atoms with Gasteiger partial charge >= 0.3 is 0 Å². The maximum absolute atomic E-state index is 10.1. The van der Waals surface area contributed by atoms with Crippen LogP contribution in [0.3, 0.4) is 0 Å². The molecule has 0 spiro atoms. The van der Waals surface area contributed by atoms with Crippen molar-refractivity contribution in [3.63, 3.8) is 0 Å². The van der Waals surface area contributed by atoms with Gasteiger partial charge in [0.1, 0.15) is 17.4 Å². The molecule has 1 unspecified atom stereocenters. The number of ether oxygens (including phenoxy) is 1. The smallest absolute Gasteiger partial charge is 0.145 e. The summed E-state index contributed by atoms with van der Waals surface area (Å²) in [6.07, 6.45) is 2.99. The van der Waals surface area contributed by atoms with E-state index < -0.39 is 6.10 Å². The molecule has 0 radical (unpaired) electrons. The molecule has 0 amide bonds. The second kappa shape index (κ2) is 5.27. The van der Waals surface area contributed by atoms with Crippen LogP contribution in [0.25, 0.3) is 11.0 Å². The summed E-state index contributed by atoms with van der Waals surface area (Å²) in [7, 11) is 1.59. The molecule has 20 heavy (non-hydrogen) atoms. The number of fused-ring (bicyclic) bond motifs is 1. The number of para-hydroxylation sites is 1. The summed E-state index contributed by atoms with van der Waals surface area (Å²) in [5, 5.41) is 13.4. The average Bonchev–Trinajstić information content (AvgIpc) is 3.20. The minimum Gasteiger partial charge on any atom is -0.388 e. The number of aromatic nitrogens is 2. The van der Waals surface area contributed by atoms with Crippen molar-refractivity contribution >= 4 is 32.8 Å². The molecule has 1 aliphatic rings. The van der Waals surface area contributed by atoms with E-state index in [4.69, 9.17) is 4.74 Å². The molecule has 2 aromatic rings. The SMILES string of the molecule is COCC(O)C1(Nc2cnc3c(Br)cccc3n2)CC1. The number of anilines is 1. The molecule has 1 aliphatic carbocycles. The number of benzene rings is 1. The molecule has 1 saturated carbocycles. The molecule has 2 N–H and O–H groups in total. The first-order chi connectivity index (χ1) is 9.64. The van der Waals surface area contributed by atoms with Gasteiger partial charge in [-0.2, -0.15) is 0 Å². The summed E-state index contributed by atoms with van der Waals surface area (Å²) in [5.41, 5.74) is 1.34. The summed E-state index contributed by atoms with van der Waals surface area (Å²) in [5.74, 6) is 0.684. The Bertz CT molecular complexity index is 631. The van der Waals surface area contributed by atoms with Gasteiger partial charge in [0.15, 0.2) is 0 Å². The van der Waals surface area contributed by atoms with Gasteiger partial charge in [-0.25, -0.2) is 9.97 Å². The minimum absolute atomic E-state index is 0.315. The van der Waals surface area contributed by atoms with Crippen LogP contribution < -0.4 is 5.32 Å². The van der Waals surface area contributed by atoms with Gasteiger partial charge in [-0.3, -0.25) is 0 Å². The van der Waals surface area contributed by atoms with Crippen LogP contribution in [0.15, 0.2) is 28.9 Å². The Labute approximate surface area is 125 Å². The molecular weight excluding hydrogens is 322 g/mol. The number of hydrogen-bond donors (Lipinski definition) is 2. The van der Waals surface area contributed by atoms with E-state index in [-0.39, 0.29) is 5.54 Å². The highest BCUT2D eigenvalue weighted by Crippen LogP contribution is 2.41. The molecule has 6 heteroatoms. The Kier molecular flexibility index (Phi) is 3.62. The molecule has 1 atom stereocenters. The molecule has 1 fully saturated rings. The van der Waals surface area contributed by atoms with E-state index in [2.05, 4.69) is 31.2 Å². The minimum atomic E-state index is -0.535. The van der Waals surface area contributed by atoms with Gasteiger partial charge in [0.05, 0.1) is 23.9 Å². The highest BCUT2D eigenvalue weighted by molar-refractivity contribution is 9.10. The Morgan fingerprint density at radius 2 is 2.30 bits per heavy atom. The Morgan fingerprint density at radius 3 is 3.00 bits per heavy atom. The van der Waals surface area contributed by atoms with Gasteiger partial charge in [0, 0.05) is 11.6 Å². The van der Waals surface area contributed by atoms with Crippen LogP contribution in [0, 0.1) is 0 Å². The second-order valence-corrected chi connectivity index (χ2v) is 5.97. The molecular formula is C14H16BrN3O2. The fourth-order valence-electron chi connectivity index (χ4n) is 2.32. The first-order valence-corrected chi connectivity index (χ1v) is 7.30. The molecule has 5 nitrogen and oxygen atoms in total. The standard InChI is InChI=1S/C14H16BrN3O2/c1-20-8-11(19)14(5-6-14)18-12-7-16-13-9(15)3-2-4-10(13)17-12/h2-4,7,11,19H,5-6,8H2,1H3,(H,17,18). The van der Waals surface area contributed by atoms with Crippen molar-refractivity contribution < 1.29 is 9.84 Å². The van der Waals surface area contributed by atoms with Gasteiger partial charge in [-0.15, -0.1) is 0 Å². The zero-order valence-electron chi connectivity index (χ0n) is 11.1. The third-order valence-corrected chi connectivity index (χ3v) is 4.29. The number of halogens is 1. The van der Waals surface area contributed by atoms with E-state index in [0.29, 0.717) is 12.4 Å². The Balaban J connectivity index is 1.85. The van der Waals surface area contributed by atoms with Crippen molar-refractivity contribution in [2.75, 3.05) is 19.0 Å². The van der Waals surface area contributed by atoms with Crippen LogP contribution in [-0.2, 0) is 4.74 Å². The molecule has 0 saturated heterocycles. The normalized spacial score (nSPS) is 17.9. The maximum Gasteiger partial charge on any atom is 0.145 e. The van der Waals surface area contributed by atoms with Crippen LogP contribution in [0.2, 0.25) is 0 Å². The summed E-state index contributed by atoms with van der Waals surface area (Å²) in [6.45, 7) is 0.319. The average molecular weight is 338 g/mol. The predicted octanol–water partition coefficient (Wildman–Crippen LogP) is 2.34. The molecule has 106 valence electrons. The molecule has 1 aromatic heterocycles. The van der Waals surface area contributed by atoms with Gasteiger partial charge in [-0.1, -0.05) is 6.07 Å². The van der Waals surface area contributed by atoms with Crippen molar-refractivity contribution in [3.05, 3.63) is 28.9 Å². The van der Waals surface area contributed by atoms with E-state index in [1.54, 1.807) is 13.3 Å². The highest BCUT2D eigenvalue weighted by Gasteiger charge is 2.49.